The number of hydrogen-bond donors (Lipinski definition) is 0. The predicted octanol–water partition coefficient (Wildman–Crippen LogP) is 0.791. The van der Waals surface area contributed by atoms with Crippen molar-refractivity contribution in [1.29, 1.82) is 0 Å². The highest BCUT2D eigenvalue weighted by Gasteiger charge is 1.99. The standard InChI is InChI=1S/C6H10ClNO3/c1-2-10-6(9)5-11-8-4-3-7/h4H,2-3,5H2,1H3/b8-4+. The molecule has 11 heavy (non-hydrogen) atoms. The molecule has 0 saturated carbocycles. The Bertz CT molecular complexity index is 138. The molecule has 0 aromatic rings. The van der Waals surface area contributed by atoms with Crippen molar-refractivity contribution < 1.29 is 14.4 Å². The summed E-state index contributed by atoms with van der Waals surface area (Å²) in [5, 5.41) is 3.35. The molecule has 0 N–H and O–H groups in total. The van der Waals surface area contributed by atoms with Crippen LogP contribution in [-0.2, 0) is 14.4 Å². The van der Waals surface area contributed by atoms with Gasteiger partial charge in [-0.3, -0.25) is 0 Å². The van der Waals surface area contributed by atoms with Gasteiger partial charge in [-0.2, -0.15) is 0 Å². The molecule has 0 bridgehead atoms. The van der Waals surface area contributed by atoms with Crippen LogP contribution in [0.3, 0.4) is 0 Å². The maximum Gasteiger partial charge on any atom is 0.347 e. The second kappa shape index (κ2) is 7.34. The van der Waals surface area contributed by atoms with Crippen molar-refractivity contribution in [3.63, 3.8) is 0 Å². The summed E-state index contributed by atoms with van der Waals surface area (Å²) in [6.07, 6.45) is 1.35. The Labute approximate surface area is 70.1 Å². The van der Waals surface area contributed by atoms with E-state index in [9.17, 15) is 4.79 Å². The highest BCUT2D eigenvalue weighted by Crippen LogP contribution is 1.81. The number of alkyl halides is 1. The van der Waals surface area contributed by atoms with Crippen molar-refractivity contribution in [2.24, 2.45) is 5.16 Å². The van der Waals surface area contributed by atoms with E-state index in [-0.39, 0.29) is 12.5 Å². The molecule has 0 amide bonds. The second-order valence-electron chi connectivity index (χ2n) is 1.52. The lowest BCUT2D eigenvalue weighted by atomic mass is 10.7. The first-order chi connectivity index (χ1) is 5.31. The Kier molecular flexibility index (Phi) is 6.82. The van der Waals surface area contributed by atoms with Crippen LogP contribution in [0, 0.1) is 0 Å². The number of oxime groups is 1. The molecule has 0 aliphatic heterocycles. The van der Waals surface area contributed by atoms with Crippen molar-refractivity contribution in [2.45, 2.75) is 6.92 Å². The van der Waals surface area contributed by atoms with E-state index in [1.165, 1.54) is 6.21 Å². The van der Waals surface area contributed by atoms with Gasteiger partial charge in [0.05, 0.1) is 18.7 Å². The molecule has 0 saturated heterocycles. The smallest absolute Gasteiger partial charge is 0.347 e. The quantitative estimate of drug-likeness (QED) is 0.271. The van der Waals surface area contributed by atoms with Crippen LogP contribution in [-0.4, -0.2) is 31.3 Å². The van der Waals surface area contributed by atoms with Gasteiger partial charge in [-0.25, -0.2) is 4.79 Å². The average Bonchev–Trinajstić information content (AvgIpc) is 1.99. The van der Waals surface area contributed by atoms with Gasteiger partial charge in [0, 0.05) is 0 Å². The molecule has 0 fully saturated rings. The van der Waals surface area contributed by atoms with Gasteiger partial charge in [0.1, 0.15) is 0 Å². The number of carbonyl (C=O) groups excluding carboxylic acids is 1. The molecule has 4 nitrogen and oxygen atoms in total. The molecule has 0 aromatic carbocycles. The maximum atomic E-state index is 10.6. The summed E-state index contributed by atoms with van der Waals surface area (Å²) < 4.78 is 4.55. The number of carbonyl (C=O) groups is 1. The zero-order valence-electron chi connectivity index (χ0n) is 6.25. The van der Waals surface area contributed by atoms with Crippen molar-refractivity contribution in [3.8, 4) is 0 Å². The lowest BCUT2D eigenvalue weighted by molar-refractivity contribution is -0.148. The summed E-state index contributed by atoms with van der Waals surface area (Å²) in [4.78, 5) is 15.1. The number of halogens is 1. The second-order valence-corrected chi connectivity index (χ2v) is 1.83. The molecule has 0 rings (SSSR count). The third-order valence-electron chi connectivity index (χ3n) is 0.706. The van der Waals surface area contributed by atoms with E-state index in [1.54, 1.807) is 6.92 Å². The zero-order chi connectivity index (χ0) is 8.53. The minimum Gasteiger partial charge on any atom is -0.463 e. The molecule has 0 spiro atoms. The molecule has 0 aliphatic rings. The molecule has 5 heteroatoms. The molecule has 0 atom stereocenters. The summed E-state index contributed by atoms with van der Waals surface area (Å²) in [6, 6.07) is 0. The van der Waals surface area contributed by atoms with Crippen molar-refractivity contribution >= 4 is 23.8 Å². The Morgan fingerprint density at radius 3 is 3.00 bits per heavy atom. The van der Waals surface area contributed by atoms with E-state index >= 15 is 0 Å². The topological polar surface area (TPSA) is 47.9 Å². The molecular formula is C6H10ClNO3. The zero-order valence-corrected chi connectivity index (χ0v) is 7.00. The van der Waals surface area contributed by atoms with Crippen LogP contribution in [0.4, 0.5) is 0 Å². The monoisotopic (exact) mass is 179 g/mol. The van der Waals surface area contributed by atoms with Crippen LogP contribution in [0.25, 0.3) is 0 Å². The van der Waals surface area contributed by atoms with Gasteiger partial charge in [0.25, 0.3) is 0 Å². The normalized spacial score (nSPS) is 10.0. The van der Waals surface area contributed by atoms with E-state index in [0.717, 1.165) is 0 Å². The predicted molar refractivity (Wildman–Crippen MR) is 41.8 cm³/mol. The van der Waals surface area contributed by atoms with E-state index in [4.69, 9.17) is 11.6 Å². The average molecular weight is 180 g/mol. The van der Waals surface area contributed by atoms with Crippen molar-refractivity contribution in [1.82, 2.24) is 0 Å². The van der Waals surface area contributed by atoms with Gasteiger partial charge in [0.15, 0.2) is 0 Å². The van der Waals surface area contributed by atoms with Crippen LogP contribution in [0.15, 0.2) is 5.16 Å². The van der Waals surface area contributed by atoms with Gasteiger partial charge in [0.2, 0.25) is 6.61 Å². The molecule has 0 aromatic heterocycles. The summed E-state index contributed by atoms with van der Waals surface area (Å²) in [5.41, 5.74) is 0. The molecular weight excluding hydrogens is 170 g/mol. The maximum absolute atomic E-state index is 10.6. The summed E-state index contributed by atoms with van der Waals surface area (Å²) >= 11 is 5.23. The van der Waals surface area contributed by atoms with Gasteiger partial charge in [-0.15, -0.1) is 11.6 Å². The van der Waals surface area contributed by atoms with E-state index < -0.39 is 5.97 Å². The lowest BCUT2D eigenvalue weighted by Crippen LogP contribution is -2.10. The molecule has 0 radical (unpaired) electrons. The molecule has 0 aliphatic carbocycles. The highest BCUT2D eigenvalue weighted by molar-refractivity contribution is 6.24. The fourth-order valence-electron chi connectivity index (χ4n) is 0.374. The summed E-state index contributed by atoms with van der Waals surface area (Å²) in [5.74, 6) is -0.165. The Morgan fingerprint density at radius 2 is 2.45 bits per heavy atom. The van der Waals surface area contributed by atoms with Gasteiger partial charge < -0.3 is 9.57 Å². The summed E-state index contributed by atoms with van der Waals surface area (Å²) in [6.45, 7) is 1.91. The largest absolute Gasteiger partial charge is 0.463 e. The van der Waals surface area contributed by atoms with E-state index in [0.29, 0.717) is 6.61 Å². The first-order valence-corrected chi connectivity index (χ1v) is 3.70. The lowest BCUT2D eigenvalue weighted by Gasteiger charge is -1.98. The van der Waals surface area contributed by atoms with Crippen LogP contribution >= 0.6 is 11.6 Å². The SMILES string of the molecule is CCOC(=O)CO/N=C/CCl. The Hall–Kier alpha value is -0.770. The van der Waals surface area contributed by atoms with E-state index in [2.05, 4.69) is 14.7 Å². The first-order valence-electron chi connectivity index (χ1n) is 3.16. The summed E-state index contributed by atoms with van der Waals surface area (Å²) in [7, 11) is 0. The van der Waals surface area contributed by atoms with E-state index in [1.807, 2.05) is 0 Å². The third kappa shape index (κ3) is 7.12. The number of esters is 1. The van der Waals surface area contributed by atoms with Crippen molar-refractivity contribution in [2.75, 3.05) is 19.1 Å². The number of ether oxygens (including phenoxy) is 1. The highest BCUT2D eigenvalue weighted by atomic mass is 35.5. The third-order valence-corrected chi connectivity index (χ3v) is 0.844. The van der Waals surface area contributed by atoms with Crippen LogP contribution in [0.2, 0.25) is 0 Å². The fraction of sp³-hybridized carbons (Fsp3) is 0.667. The van der Waals surface area contributed by atoms with Crippen LogP contribution < -0.4 is 0 Å². The van der Waals surface area contributed by atoms with Gasteiger partial charge >= 0.3 is 5.97 Å². The van der Waals surface area contributed by atoms with Crippen molar-refractivity contribution in [3.05, 3.63) is 0 Å². The molecule has 0 heterocycles. The Morgan fingerprint density at radius 1 is 1.73 bits per heavy atom. The number of rotatable bonds is 5. The minimum absolute atomic E-state index is 0.165. The molecule has 0 unspecified atom stereocenters. The van der Waals surface area contributed by atoms with Crippen LogP contribution in [0.1, 0.15) is 6.92 Å². The number of hydrogen-bond acceptors (Lipinski definition) is 4. The minimum atomic E-state index is -0.431. The van der Waals surface area contributed by atoms with Crippen LogP contribution in [0.5, 0.6) is 0 Å². The van der Waals surface area contributed by atoms with Gasteiger partial charge in [-0.05, 0) is 6.92 Å². The van der Waals surface area contributed by atoms with Gasteiger partial charge in [-0.1, -0.05) is 5.16 Å². The first kappa shape index (κ1) is 10.2. The number of nitrogens with zero attached hydrogens (tertiary/aromatic N) is 1. The fourth-order valence-corrected chi connectivity index (χ4v) is 0.430. The Balaban J connectivity index is 3.24. The molecule has 64 valence electrons.